The molecule has 1 aromatic carbocycles. The Balaban J connectivity index is 2.42. The first kappa shape index (κ1) is 13.6. The molecule has 92 valence electrons. The molecule has 0 radical (unpaired) electrons. The van der Waals surface area contributed by atoms with Gasteiger partial charge in [0, 0.05) is 11.9 Å². The van der Waals surface area contributed by atoms with Gasteiger partial charge in [-0.1, -0.05) is 17.7 Å². The molecule has 0 saturated heterocycles. The fraction of sp³-hybridized carbons (Fsp3) is 0.333. The zero-order valence-electron chi connectivity index (χ0n) is 9.84. The minimum atomic E-state index is -0.999. The molecule has 0 atom stereocenters. The van der Waals surface area contributed by atoms with Crippen LogP contribution in [-0.2, 0) is 9.59 Å². The summed E-state index contributed by atoms with van der Waals surface area (Å²) in [5.41, 5.74) is 1.17. The van der Waals surface area contributed by atoms with E-state index in [0.717, 1.165) is 4.90 Å². The van der Waals surface area contributed by atoms with Crippen molar-refractivity contribution in [2.24, 2.45) is 0 Å². The van der Waals surface area contributed by atoms with Crippen LogP contribution in [0.2, 0.25) is 0 Å². The number of benzene rings is 1. The summed E-state index contributed by atoms with van der Waals surface area (Å²) in [5, 5.41) is 8.55. The van der Waals surface area contributed by atoms with Gasteiger partial charge in [-0.25, -0.2) is 0 Å². The van der Waals surface area contributed by atoms with E-state index < -0.39 is 5.97 Å². The second-order valence-electron chi connectivity index (χ2n) is 3.75. The van der Waals surface area contributed by atoms with E-state index in [1.165, 1.54) is 29.3 Å². The number of carbonyl (C=O) groups is 2. The van der Waals surface area contributed by atoms with Gasteiger partial charge in [-0.3, -0.25) is 9.59 Å². The lowest BCUT2D eigenvalue weighted by molar-refractivity contribution is -0.142. The molecule has 0 bridgehead atoms. The summed E-state index contributed by atoms with van der Waals surface area (Å²) in [6.07, 6.45) is 0. The summed E-state index contributed by atoms with van der Waals surface area (Å²) in [6, 6.07) is 7.86. The van der Waals surface area contributed by atoms with Crippen LogP contribution >= 0.6 is 11.8 Å². The van der Waals surface area contributed by atoms with Gasteiger partial charge < -0.3 is 10.0 Å². The molecule has 1 N–H and O–H groups in total. The number of carboxylic acid groups (broad SMARTS) is 1. The Morgan fingerprint density at radius 2 is 1.88 bits per heavy atom. The van der Waals surface area contributed by atoms with E-state index in [2.05, 4.69) is 0 Å². The number of aliphatic carboxylic acids is 1. The third-order valence-corrected chi connectivity index (χ3v) is 3.18. The first-order valence-electron chi connectivity index (χ1n) is 5.14. The van der Waals surface area contributed by atoms with Crippen molar-refractivity contribution in [1.82, 2.24) is 4.90 Å². The maximum absolute atomic E-state index is 11.6. The molecule has 1 aromatic rings. The van der Waals surface area contributed by atoms with E-state index in [9.17, 15) is 9.59 Å². The molecular weight excluding hydrogens is 238 g/mol. The fourth-order valence-electron chi connectivity index (χ4n) is 1.18. The molecule has 1 rings (SSSR count). The second kappa shape index (κ2) is 6.30. The fourth-order valence-corrected chi connectivity index (χ4v) is 2.02. The topological polar surface area (TPSA) is 57.6 Å². The molecule has 4 nitrogen and oxygen atoms in total. The van der Waals surface area contributed by atoms with Crippen molar-refractivity contribution < 1.29 is 14.7 Å². The largest absolute Gasteiger partial charge is 0.480 e. The third-order valence-electron chi connectivity index (χ3n) is 2.18. The summed E-state index contributed by atoms with van der Waals surface area (Å²) in [6.45, 7) is 1.74. The lowest BCUT2D eigenvalue weighted by atomic mass is 10.2. The van der Waals surface area contributed by atoms with Gasteiger partial charge in [-0.15, -0.1) is 11.8 Å². The van der Waals surface area contributed by atoms with Crippen molar-refractivity contribution >= 4 is 23.6 Å². The van der Waals surface area contributed by atoms with Crippen LogP contribution in [0.25, 0.3) is 0 Å². The van der Waals surface area contributed by atoms with Crippen LogP contribution in [0.3, 0.4) is 0 Å². The molecule has 5 heteroatoms. The van der Waals surface area contributed by atoms with Crippen LogP contribution in [0.5, 0.6) is 0 Å². The quantitative estimate of drug-likeness (QED) is 0.810. The monoisotopic (exact) mass is 253 g/mol. The van der Waals surface area contributed by atoms with Crippen LogP contribution in [-0.4, -0.2) is 41.2 Å². The molecule has 1 amide bonds. The molecule has 0 spiro atoms. The number of aryl methyl sites for hydroxylation is 1. The Kier molecular flexibility index (Phi) is 5.03. The maximum Gasteiger partial charge on any atom is 0.323 e. The van der Waals surface area contributed by atoms with Gasteiger partial charge in [0.1, 0.15) is 6.54 Å². The number of likely N-dealkylation sites (N-methyl/N-ethyl adjacent to an activating group) is 1. The molecule has 0 aromatic heterocycles. The summed E-state index contributed by atoms with van der Waals surface area (Å²) < 4.78 is 0. The zero-order chi connectivity index (χ0) is 12.8. The molecule has 0 unspecified atom stereocenters. The average molecular weight is 253 g/mol. The first-order valence-corrected chi connectivity index (χ1v) is 6.13. The Morgan fingerprint density at radius 3 is 2.41 bits per heavy atom. The Bertz CT molecular complexity index is 403. The van der Waals surface area contributed by atoms with Crippen LogP contribution in [0, 0.1) is 6.92 Å². The lowest BCUT2D eigenvalue weighted by Gasteiger charge is -2.13. The van der Waals surface area contributed by atoms with E-state index in [-0.39, 0.29) is 18.2 Å². The van der Waals surface area contributed by atoms with Crippen LogP contribution in [0.15, 0.2) is 29.2 Å². The Labute approximate surface area is 105 Å². The van der Waals surface area contributed by atoms with Crippen LogP contribution in [0.1, 0.15) is 5.56 Å². The van der Waals surface area contributed by atoms with Gasteiger partial charge in [0.15, 0.2) is 0 Å². The third kappa shape index (κ3) is 4.91. The minimum absolute atomic E-state index is 0.182. The molecule has 0 saturated carbocycles. The van der Waals surface area contributed by atoms with E-state index >= 15 is 0 Å². The number of amides is 1. The summed E-state index contributed by atoms with van der Waals surface area (Å²) in [4.78, 5) is 24.2. The van der Waals surface area contributed by atoms with Gasteiger partial charge in [-0.05, 0) is 19.1 Å². The predicted octanol–water partition coefficient (Wildman–Crippen LogP) is 1.63. The van der Waals surface area contributed by atoms with E-state index in [1.54, 1.807) is 0 Å². The number of nitrogens with zero attached hydrogens (tertiary/aromatic N) is 1. The van der Waals surface area contributed by atoms with Crippen molar-refractivity contribution in [3.8, 4) is 0 Å². The van der Waals surface area contributed by atoms with Gasteiger partial charge in [0.2, 0.25) is 5.91 Å². The number of thioether (sulfide) groups is 1. The molecule has 17 heavy (non-hydrogen) atoms. The van der Waals surface area contributed by atoms with Gasteiger partial charge in [-0.2, -0.15) is 0 Å². The summed E-state index contributed by atoms with van der Waals surface area (Å²) in [7, 11) is 1.49. The molecule has 0 heterocycles. The summed E-state index contributed by atoms with van der Waals surface area (Å²) >= 11 is 1.41. The number of hydrogen-bond acceptors (Lipinski definition) is 3. The molecule has 0 aliphatic rings. The van der Waals surface area contributed by atoms with Crippen molar-refractivity contribution in [2.75, 3.05) is 19.3 Å². The summed E-state index contributed by atoms with van der Waals surface area (Å²) in [5.74, 6) is -0.925. The zero-order valence-corrected chi connectivity index (χ0v) is 10.7. The first-order chi connectivity index (χ1) is 7.99. The highest BCUT2D eigenvalue weighted by Gasteiger charge is 2.11. The predicted molar refractivity (Wildman–Crippen MR) is 67.2 cm³/mol. The highest BCUT2D eigenvalue weighted by atomic mass is 32.2. The Hall–Kier alpha value is -1.49. The van der Waals surface area contributed by atoms with E-state index in [0.29, 0.717) is 0 Å². The number of carboxylic acids is 1. The molecule has 0 aliphatic heterocycles. The maximum atomic E-state index is 11.6. The molecule has 0 aliphatic carbocycles. The normalized spacial score (nSPS) is 10.0. The van der Waals surface area contributed by atoms with Crippen molar-refractivity contribution in [2.45, 2.75) is 11.8 Å². The molecular formula is C12H15NO3S. The number of rotatable bonds is 5. The Morgan fingerprint density at radius 1 is 1.29 bits per heavy atom. The number of carbonyl (C=O) groups excluding carboxylic acids is 1. The highest BCUT2D eigenvalue weighted by molar-refractivity contribution is 8.00. The average Bonchev–Trinajstić information content (AvgIpc) is 2.27. The van der Waals surface area contributed by atoms with Crippen molar-refractivity contribution in [3.63, 3.8) is 0 Å². The lowest BCUT2D eigenvalue weighted by Crippen LogP contribution is -2.33. The SMILES string of the molecule is Cc1ccc(SCC(=O)N(C)CC(=O)O)cc1. The van der Waals surface area contributed by atoms with Gasteiger partial charge >= 0.3 is 5.97 Å². The van der Waals surface area contributed by atoms with Crippen molar-refractivity contribution in [1.29, 1.82) is 0 Å². The van der Waals surface area contributed by atoms with E-state index in [1.807, 2.05) is 31.2 Å². The van der Waals surface area contributed by atoms with Crippen molar-refractivity contribution in [3.05, 3.63) is 29.8 Å². The van der Waals surface area contributed by atoms with Gasteiger partial charge in [0.05, 0.1) is 5.75 Å². The smallest absolute Gasteiger partial charge is 0.323 e. The van der Waals surface area contributed by atoms with Gasteiger partial charge in [0.25, 0.3) is 0 Å². The minimum Gasteiger partial charge on any atom is -0.480 e. The second-order valence-corrected chi connectivity index (χ2v) is 4.79. The number of hydrogen-bond donors (Lipinski definition) is 1. The van der Waals surface area contributed by atoms with Crippen LogP contribution in [0.4, 0.5) is 0 Å². The van der Waals surface area contributed by atoms with Crippen LogP contribution < -0.4 is 0 Å². The standard InChI is InChI=1S/C12H15NO3S/c1-9-3-5-10(6-4-9)17-8-11(14)13(2)7-12(15)16/h3-6H,7-8H2,1-2H3,(H,15,16). The highest BCUT2D eigenvalue weighted by Crippen LogP contribution is 2.18. The molecule has 0 fully saturated rings. The van der Waals surface area contributed by atoms with E-state index in [4.69, 9.17) is 5.11 Å².